The fraction of sp³-hybridized carbons (Fsp3) is 0.833. The Hall–Kier alpha value is -1.26. The van der Waals surface area contributed by atoms with Crippen LogP contribution in [-0.4, -0.2) is 50.6 Å². The summed E-state index contributed by atoms with van der Waals surface area (Å²) in [7, 11) is 3.17. The van der Waals surface area contributed by atoms with Crippen LogP contribution in [0.25, 0.3) is 0 Å². The zero-order valence-corrected chi connectivity index (χ0v) is 11.2. The number of methoxy groups -OCH3 is 1. The summed E-state index contributed by atoms with van der Waals surface area (Å²) < 4.78 is 4.59. The van der Waals surface area contributed by atoms with Gasteiger partial charge in [0.2, 0.25) is 0 Å². The highest BCUT2D eigenvalue weighted by Gasteiger charge is 2.30. The highest BCUT2D eigenvalue weighted by Crippen LogP contribution is 2.28. The molecule has 0 radical (unpaired) electrons. The van der Waals surface area contributed by atoms with E-state index in [1.165, 1.54) is 13.5 Å². The smallest absolute Gasteiger partial charge is 0.307 e. The normalized spacial score (nSPS) is 19.3. The Bertz CT molecular complexity index is 300. The molecule has 0 saturated carbocycles. The molecule has 1 saturated heterocycles. The molecule has 0 aromatic carbocycles. The summed E-state index contributed by atoms with van der Waals surface area (Å²) in [6, 6.07) is 0. The number of nitrogens with one attached hydrogen (secondary N) is 1. The van der Waals surface area contributed by atoms with E-state index in [-0.39, 0.29) is 5.97 Å². The van der Waals surface area contributed by atoms with E-state index in [1.807, 2.05) is 0 Å². The second kappa shape index (κ2) is 5.89. The van der Waals surface area contributed by atoms with E-state index in [1.54, 1.807) is 7.05 Å². The zero-order valence-electron chi connectivity index (χ0n) is 11.2. The number of carbonyl (C=O) groups is 1. The summed E-state index contributed by atoms with van der Waals surface area (Å²) in [6.07, 6.45) is 1.54. The standard InChI is InChI=1S/C12H23N3O2/c1-12(2)6-8-15(9-12)11(13-3)14-7-5-10(16)17-4/h5-9H2,1-4H3,(H,13,14). The zero-order chi connectivity index (χ0) is 12.9. The Labute approximate surface area is 103 Å². The molecule has 1 aliphatic rings. The first kappa shape index (κ1) is 13.8. The van der Waals surface area contributed by atoms with E-state index in [4.69, 9.17) is 0 Å². The van der Waals surface area contributed by atoms with Crippen molar-refractivity contribution in [3.05, 3.63) is 0 Å². The van der Waals surface area contributed by atoms with Crippen LogP contribution >= 0.6 is 0 Å². The van der Waals surface area contributed by atoms with Crippen LogP contribution in [0.3, 0.4) is 0 Å². The minimum absolute atomic E-state index is 0.199. The van der Waals surface area contributed by atoms with Gasteiger partial charge in [0.05, 0.1) is 13.5 Å². The van der Waals surface area contributed by atoms with Gasteiger partial charge in [-0.2, -0.15) is 0 Å². The van der Waals surface area contributed by atoms with Gasteiger partial charge >= 0.3 is 5.97 Å². The number of likely N-dealkylation sites (tertiary alicyclic amines) is 1. The van der Waals surface area contributed by atoms with Crippen LogP contribution in [0.4, 0.5) is 0 Å². The number of hydrogen-bond acceptors (Lipinski definition) is 3. The Morgan fingerprint density at radius 3 is 2.71 bits per heavy atom. The lowest BCUT2D eigenvalue weighted by atomic mass is 9.93. The third kappa shape index (κ3) is 4.24. The monoisotopic (exact) mass is 241 g/mol. The first-order valence-electron chi connectivity index (χ1n) is 6.01. The van der Waals surface area contributed by atoms with E-state index in [0.717, 1.165) is 19.0 Å². The lowest BCUT2D eigenvalue weighted by Crippen LogP contribution is -2.41. The second-order valence-corrected chi connectivity index (χ2v) is 5.14. The first-order valence-corrected chi connectivity index (χ1v) is 6.01. The molecule has 1 fully saturated rings. The predicted octanol–water partition coefficient (Wildman–Crippen LogP) is 0.857. The van der Waals surface area contributed by atoms with Crippen molar-refractivity contribution in [2.45, 2.75) is 26.7 Å². The van der Waals surface area contributed by atoms with E-state index >= 15 is 0 Å². The van der Waals surface area contributed by atoms with Crippen LogP contribution in [0, 0.1) is 5.41 Å². The van der Waals surface area contributed by atoms with Gasteiger partial charge in [0.25, 0.3) is 0 Å². The number of guanidine groups is 1. The molecule has 1 N–H and O–H groups in total. The molecular weight excluding hydrogens is 218 g/mol. The summed E-state index contributed by atoms with van der Waals surface area (Å²) in [6.45, 7) is 7.11. The molecule has 0 aromatic rings. The molecule has 0 spiro atoms. The summed E-state index contributed by atoms with van der Waals surface area (Å²) in [5.41, 5.74) is 0.347. The molecule has 1 heterocycles. The van der Waals surface area contributed by atoms with Gasteiger partial charge in [-0.15, -0.1) is 0 Å². The lowest BCUT2D eigenvalue weighted by molar-refractivity contribution is -0.140. The Morgan fingerprint density at radius 1 is 1.53 bits per heavy atom. The van der Waals surface area contributed by atoms with Crippen LogP contribution in [0.1, 0.15) is 26.7 Å². The van der Waals surface area contributed by atoms with Crippen molar-refractivity contribution in [1.82, 2.24) is 10.2 Å². The quantitative estimate of drug-likeness (QED) is 0.452. The van der Waals surface area contributed by atoms with Crippen molar-refractivity contribution < 1.29 is 9.53 Å². The predicted molar refractivity (Wildman–Crippen MR) is 68.0 cm³/mol. The van der Waals surface area contributed by atoms with Crippen molar-refractivity contribution in [2.75, 3.05) is 33.8 Å². The number of carbonyl (C=O) groups excluding carboxylic acids is 1. The van der Waals surface area contributed by atoms with Crippen LogP contribution in [-0.2, 0) is 9.53 Å². The first-order chi connectivity index (χ1) is 7.98. The minimum Gasteiger partial charge on any atom is -0.469 e. The van der Waals surface area contributed by atoms with Gasteiger partial charge in [-0.3, -0.25) is 9.79 Å². The molecule has 1 rings (SSSR count). The second-order valence-electron chi connectivity index (χ2n) is 5.14. The molecule has 0 unspecified atom stereocenters. The van der Waals surface area contributed by atoms with E-state index in [9.17, 15) is 4.79 Å². The van der Waals surface area contributed by atoms with Gasteiger partial charge in [-0.25, -0.2) is 0 Å². The fourth-order valence-electron chi connectivity index (χ4n) is 2.00. The number of aliphatic imine (C=N–C) groups is 1. The Kier molecular flexibility index (Phi) is 4.78. The average molecular weight is 241 g/mol. The molecular formula is C12H23N3O2. The highest BCUT2D eigenvalue weighted by atomic mass is 16.5. The number of ether oxygens (including phenoxy) is 1. The summed E-state index contributed by atoms with van der Waals surface area (Å²) >= 11 is 0. The number of esters is 1. The van der Waals surface area contributed by atoms with Crippen molar-refractivity contribution in [1.29, 1.82) is 0 Å². The highest BCUT2D eigenvalue weighted by molar-refractivity contribution is 5.80. The topological polar surface area (TPSA) is 53.9 Å². The van der Waals surface area contributed by atoms with E-state index in [2.05, 4.69) is 33.8 Å². The SMILES string of the molecule is CN=C(NCCC(=O)OC)N1CCC(C)(C)C1. The molecule has 17 heavy (non-hydrogen) atoms. The van der Waals surface area contributed by atoms with Gasteiger partial charge in [-0.05, 0) is 11.8 Å². The van der Waals surface area contributed by atoms with Gasteiger partial charge in [0.15, 0.2) is 5.96 Å². The Morgan fingerprint density at radius 2 is 2.24 bits per heavy atom. The molecule has 1 aliphatic heterocycles. The van der Waals surface area contributed by atoms with Gasteiger partial charge < -0.3 is 15.0 Å². The molecule has 0 aliphatic carbocycles. The molecule has 5 nitrogen and oxygen atoms in total. The molecule has 5 heteroatoms. The van der Waals surface area contributed by atoms with Crippen LogP contribution in [0.15, 0.2) is 4.99 Å². The van der Waals surface area contributed by atoms with Crippen molar-refractivity contribution in [2.24, 2.45) is 10.4 Å². The van der Waals surface area contributed by atoms with Gasteiger partial charge in [-0.1, -0.05) is 13.8 Å². The third-order valence-electron chi connectivity index (χ3n) is 3.03. The van der Waals surface area contributed by atoms with Crippen molar-refractivity contribution >= 4 is 11.9 Å². The Balaban J connectivity index is 2.38. The van der Waals surface area contributed by atoms with Crippen LogP contribution < -0.4 is 5.32 Å². The fourth-order valence-corrected chi connectivity index (χ4v) is 2.00. The third-order valence-corrected chi connectivity index (χ3v) is 3.03. The molecule has 0 amide bonds. The van der Waals surface area contributed by atoms with Crippen molar-refractivity contribution in [3.63, 3.8) is 0 Å². The van der Waals surface area contributed by atoms with Gasteiger partial charge in [0.1, 0.15) is 0 Å². The molecule has 0 atom stereocenters. The average Bonchev–Trinajstić information content (AvgIpc) is 2.64. The lowest BCUT2D eigenvalue weighted by Gasteiger charge is -2.23. The maximum absolute atomic E-state index is 11.0. The largest absolute Gasteiger partial charge is 0.469 e. The molecule has 0 aromatic heterocycles. The molecule has 0 bridgehead atoms. The minimum atomic E-state index is -0.199. The van der Waals surface area contributed by atoms with Crippen molar-refractivity contribution in [3.8, 4) is 0 Å². The van der Waals surface area contributed by atoms with Gasteiger partial charge in [0, 0.05) is 26.7 Å². The summed E-state index contributed by atoms with van der Waals surface area (Å²) in [4.78, 5) is 17.5. The van der Waals surface area contributed by atoms with E-state index < -0.39 is 0 Å². The summed E-state index contributed by atoms with van der Waals surface area (Å²) in [5, 5.41) is 3.19. The van der Waals surface area contributed by atoms with Crippen LogP contribution in [0.5, 0.6) is 0 Å². The molecule has 98 valence electrons. The maximum Gasteiger partial charge on any atom is 0.307 e. The number of rotatable bonds is 3. The maximum atomic E-state index is 11.0. The summed E-state index contributed by atoms with van der Waals surface area (Å²) in [5.74, 6) is 0.675. The van der Waals surface area contributed by atoms with Crippen LogP contribution in [0.2, 0.25) is 0 Å². The number of hydrogen-bond donors (Lipinski definition) is 1. The van der Waals surface area contributed by atoms with E-state index in [0.29, 0.717) is 18.4 Å². The number of nitrogens with zero attached hydrogens (tertiary/aromatic N) is 2.